The van der Waals surface area contributed by atoms with Crippen LogP contribution in [-0.4, -0.2) is 36.4 Å². The van der Waals surface area contributed by atoms with E-state index in [9.17, 15) is 9.59 Å². The quantitative estimate of drug-likeness (QED) is 0.610. The second-order valence-corrected chi connectivity index (χ2v) is 6.82. The summed E-state index contributed by atoms with van der Waals surface area (Å²) in [6.07, 6.45) is 1.39. The first-order valence-corrected chi connectivity index (χ1v) is 9.87. The summed E-state index contributed by atoms with van der Waals surface area (Å²) in [5.41, 5.74) is 0.820. The second-order valence-electron chi connectivity index (χ2n) is 6.42. The molecule has 0 bridgehead atoms. The molecule has 0 saturated heterocycles. The number of amides is 2. The minimum Gasteiger partial charge on any atom is -0.494 e. The lowest BCUT2D eigenvalue weighted by atomic mass is 10.1. The number of hydrogen-bond donors (Lipinski definition) is 1. The molecule has 0 fully saturated rings. The first-order valence-electron chi connectivity index (χ1n) is 9.49. The lowest BCUT2D eigenvalue weighted by molar-refractivity contribution is -0.141. The minimum atomic E-state index is -0.538. The maximum absolute atomic E-state index is 12.9. The van der Waals surface area contributed by atoms with Gasteiger partial charge in [0.2, 0.25) is 11.8 Å². The van der Waals surface area contributed by atoms with Gasteiger partial charge in [0.1, 0.15) is 11.8 Å². The van der Waals surface area contributed by atoms with Crippen molar-refractivity contribution in [3.63, 3.8) is 0 Å². The molecular weight excluding hydrogens is 376 g/mol. The standard InChI is InChI=1S/C22H27ClN2O3/c1-3-20(22(27)24-2)25(16-17-10-7-8-13-19(17)23)21(26)14-9-15-28-18-11-5-4-6-12-18/h4-8,10-13,20H,3,9,14-16H2,1-2H3,(H,24,27)/t20-/m0/s1. The summed E-state index contributed by atoms with van der Waals surface area (Å²) in [5.74, 6) is 0.509. The zero-order valence-corrected chi connectivity index (χ0v) is 17.1. The molecule has 5 nitrogen and oxygen atoms in total. The van der Waals surface area contributed by atoms with E-state index in [1.165, 1.54) is 0 Å². The van der Waals surface area contributed by atoms with Gasteiger partial charge in [-0.3, -0.25) is 9.59 Å². The second kappa shape index (κ2) is 11.3. The largest absolute Gasteiger partial charge is 0.494 e. The molecule has 0 radical (unpaired) electrons. The Labute approximate surface area is 171 Å². The zero-order valence-electron chi connectivity index (χ0n) is 16.4. The molecule has 28 heavy (non-hydrogen) atoms. The topological polar surface area (TPSA) is 58.6 Å². The average molecular weight is 403 g/mol. The van der Waals surface area contributed by atoms with Gasteiger partial charge in [-0.15, -0.1) is 0 Å². The molecule has 150 valence electrons. The Hall–Kier alpha value is -2.53. The van der Waals surface area contributed by atoms with Crippen LogP contribution in [0.5, 0.6) is 5.75 Å². The molecule has 2 aromatic rings. The van der Waals surface area contributed by atoms with Crippen molar-refractivity contribution < 1.29 is 14.3 Å². The maximum Gasteiger partial charge on any atom is 0.242 e. The van der Waals surface area contributed by atoms with Crippen LogP contribution in [0.3, 0.4) is 0 Å². The molecule has 0 saturated carbocycles. The van der Waals surface area contributed by atoms with Crippen LogP contribution in [0.15, 0.2) is 54.6 Å². The first-order chi connectivity index (χ1) is 13.6. The molecule has 0 unspecified atom stereocenters. The van der Waals surface area contributed by atoms with Crippen molar-refractivity contribution in [1.82, 2.24) is 10.2 Å². The summed E-state index contributed by atoms with van der Waals surface area (Å²) in [5, 5.41) is 3.23. The normalized spacial score (nSPS) is 11.5. The van der Waals surface area contributed by atoms with Crippen LogP contribution >= 0.6 is 11.6 Å². The van der Waals surface area contributed by atoms with Crippen molar-refractivity contribution in [2.24, 2.45) is 0 Å². The monoisotopic (exact) mass is 402 g/mol. The number of nitrogens with one attached hydrogen (secondary N) is 1. The van der Waals surface area contributed by atoms with Crippen LogP contribution in [-0.2, 0) is 16.1 Å². The summed E-state index contributed by atoms with van der Waals surface area (Å²) < 4.78 is 5.66. The van der Waals surface area contributed by atoms with Gasteiger partial charge in [-0.2, -0.15) is 0 Å². The Morgan fingerprint density at radius 3 is 2.43 bits per heavy atom. The Bertz CT molecular complexity index is 767. The van der Waals surface area contributed by atoms with Gasteiger partial charge in [0.15, 0.2) is 0 Å². The average Bonchev–Trinajstić information content (AvgIpc) is 2.72. The van der Waals surface area contributed by atoms with Gasteiger partial charge < -0.3 is 15.0 Å². The third kappa shape index (κ3) is 6.27. The van der Waals surface area contributed by atoms with Gasteiger partial charge in [0.25, 0.3) is 0 Å². The smallest absolute Gasteiger partial charge is 0.242 e. The van der Waals surface area contributed by atoms with Crippen molar-refractivity contribution in [3.05, 3.63) is 65.2 Å². The molecule has 0 aliphatic heterocycles. The fraction of sp³-hybridized carbons (Fsp3) is 0.364. The first kappa shape index (κ1) is 21.8. The van der Waals surface area contributed by atoms with Crippen LogP contribution < -0.4 is 10.1 Å². The molecule has 0 aliphatic carbocycles. The number of halogens is 1. The Morgan fingerprint density at radius 2 is 1.79 bits per heavy atom. The Morgan fingerprint density at radius 1 is 1.11 bits per heavy atom. The van der Waals surface area contributed by atoms with Crippen molar-refractivity contribution >= 4 is 23.4 Å². The van der Waals surface area contributed by atoms with Crippen molar-refractivity contribution in [3.8, 4) is 5.75 Å². The third-order valence-electron chi connectivity index (χ3n) is 4.48. The van der Waals surface area contributed by atoms with E-state index in [1.807, 2.05) is 55.5 Å². The number of hydrogen-bond acceptors (Lipinski definition) is 3. The summed E-state index contributed by atoms with van der Waals surface area (Å²) in [6.45, 7) is 2.63. The predicted molar refractivity (Wildman–Crippen MR) is 111 cm³/mol. The van der Waals surface area contributed by atoms with Gasteiger partial charge in [0.05, 0.1) is 6.61 Å². The van der Waals surface area contributed by atoms with E-state index in [0.29, 0.717) is 37.4 Å². The third-order valence-corrected chi connectivity index (χ3v) is 4.85. The van der Waals surface area contributed by atoms with Gasteiger partial charge in [-0.1, -0.05) is 54.9 Å². The molecule has 1 N–H and O–H groups in total. The van der Waals surface area contributed by atoms with E-state index in [0.717, 1.165) is 11.3 Å². The number of carbonyl (C=O) groups is 2. The summed E-state index contributed by atoms with van der Waals surface area (Å²) in [4.78, 5) is 26.9. The van der Waals surface area contributed by atoms with Crippen LogP contribution in [0.1, 0.15) is 31.7 Å². The predicted octanol–water partition coefficient (Wildman–Crippen LogP) is 4.05. The molecule has 2 aromatic carbocycles. The molecule has 6 heteroatoms. The van der Waals surface area contributed by atoms with Gasteiger partial charge in [0, 0.05) is 25.0 Å². The highest BCUT2D eigenvalue weighted by molar-refractivity contribution is 6.31. The summed E-state index contributed by atoms with van der Waals surface area (Å²) in [6, 6.07) is 16.3. The highest BCUT2D eigenvalue weighted by Crippen LogP contribution is 2.20. The number of carbonyl (C=O) groups excluding carboxylic acids is 2. The highest BCUT2D eigenvalue weighted by Gasteiger charge is 2.28. The van der Waals surface area contributed by atoms with Gasteiger partial charge in [-0.05, 0) is 36.6 Å². The number of nitrogens with zero attached hydrogens (tertiary/aromatic N) is 1. The van der Waals surface area contributed by atoms with Crippen LogP contribution in [0.4, 0.5) is 0 Å². The van der Waals surface area contributed by atoms with E-state index in [-0.39, 0.29) is 11.8 Å². The lowest BCUT2D eigenvalue weighted by Crippen LogP contribution is -2.48. The molecule has 0 aromatic heterocycles. The number of para-hydroxylation sites is 1. The Balaban J connectivity index is 2.03. The fourth-order valence-corrected chi connectivity index (χ4v) is 3.17. The molecule has 0 spiro atoms. The van der Waals surface area contributed by atoms with Crippen LogP contribution in [0.2, 0.25) is 5.02 Å². The highest BCUT2D eigenvalue weighted by atomic mass is 35.5. The van der Waals surface area contributed by atoms with Crippen molar-refractivity contribution in [1.29, 1.82) is 0 Å². The molecular formula is C22H27ClN2O3. The minimum absolute atomic E-state index is 0.0907. The molecule has 2 rings (SSSR count). The zero-order chi connectivity index (χ0) is 20.4. The van der Waals surface area contributed by atoms with Crippen LogP contribution in [0, 0.1) is 0 Å². The molecule has 0 heterocycles. The number of rotatable bonds is 10. The van der Waals surface area contributed by atoms with E-state index in [4.69, 9.17) is 16.3 Å². The Kier molecular flexibility index (Phi) is 8.82. The van der Waals surface area contributed by atoms with E-state index in [2.05, 4.69) is 5.32 Å². The summed E-state index contributed by atoms with van der Waals surface area (Å²) in [7, 11) is 1.58. The van der Waals surface area contributed by atoms with E-state index >= 15 is 0 Å². The van der Waals surface area contributed by atoms with Crippen molar-refractivity contribution in [2.45, 2.75) is 38.8 Å². The maximum atomic E-state index is 12.9. The molecule has 2 amide bonds. The van der Waals surface area contributed by atoms with Crippen LogP contribution in [0.25, 0.3) is 0 Å². The van der Waals surface area contributed by atoms with Gasteiger partial charge in [-0.25, -0.2) is 0 Å². The number of likely N-dealkylation sites (N-methyl/N-ethyl adjacent to an activating group) is 1. The number of ether oxygens (including phenoxy) is 1. The fourth-order valence-electron chi connectivity index (χ4n) is 2.97. The summed E-state index contributed by atoms with van der Waals surface area (Å²) >= 11 is 6.27. The lowest BCUT2D eigenvalue weighted by Gasteiger charge is -2.30. The number of benzene rings is 2. The SMILES string of the molecule is CC[C@@H](C(=O)NC)N(Cc1ccccc1Cl)C(=O)CCCOc1ccccc1. The van der Waals surface area contributed by atoms with Gasteiger partial charge >= 0.3 is 0 Å². The van der Waals surface area contributed by atoms with Crippen molar-refractivity contribution in [2.75, 3.05) is 13.7 Å². The van der Waals surface area contributed by atoms with E-state index < -0.39 is 6.04 Å². The molecule has 1 atom stereocenters. The molecule has 0 aliphatic rings. The van der Waals surface area contributed by atoms with E-state index in [1.54, 1.807) is 18.0 Å².